The lowest BCUT2D eigenvalue weighted by Crippen LogP contribution is -1.74. The van der Waals surface area contributed by atoms with Crippen LogP contribution in [0.15, 0.2) is 29.1 Å². The number of aryl methyl sites for hydroxylation is 1. The van der Waals surface area contributed by atoms with Crippen LogP contribution in [0.1, 0.15) is 11.1 Å². The van der Waals surface area contributed by atoms with Crippen molar-refractivity contribution in [1.82, 2.24) is 0 Å². The Labute approximate surface area is 66.0 Å². The van der Waals surface area contributed by atoms with Gasteiger partial charge in [-0.25, -0.2) is 0 Å². The standard InChI is InChI=1S/C10H10O/c1-7-5-9-6-11-4-3-10(9)8(7)2/h3-6H,1-2H3. The molecule has 0 spiro atoms. The van der Waals surface area contributed by atoms with Crippen LogP contribution in [0.3, 0.4) is 0 Å². The molecule has 0 saturated carbocycles. The van der Waals surface area contributed by atoms with Crippen LogP contribution in [0, 0.1) is 13.8 Å². The van der Waals surface area contributed by atoms with Crippen LogP contribution >= 0.6 is 0 Å². The Hall–Kier alpha value is -1.24. The summed E-state index contributed by atoms with van der Waals surface area (Å²) in [6.07, 6.45) is 3.50. The van der Waals surface area contributed by atoms with E-state index in [1.165, 1.54) is 22.3 Å². The molecule has 0 unspecified atom stereocenters. The first-order chi connectivity index (χ1) is 5.29. The fourth-order valence-corrected chi connectivity index (χ4v) is 1.39. The molecule has 2 aliphatic rings. The lowest BCUT2D eigenvalue weighted by atomic mass is 10.1. The Morgan fingerprint density at radius 2 is 2.09 bits per heavy atom. The average molecular weight is 146 g/mol. The zero-order chi connectivity index (χ0) is 7.84. The molecule has 2 rings (SSSR count). The molecule has 1 aliphatic heterocycles. The summed E-state index contributed by atoms with van der Waals surface area (Å²) >= 11 is 0. The van der Waals surface area contributed by atoms with Gasteiger partial charge in [0, 0.05) is 5.56 Å². The minimum Gasteiger partial charge on any atom is -0.472 e. The predicted octanol–water partition coefficient (Wildman–Crippen LogP) is 3.00. The third-order valence-electron chi connectivity index (χ3n) is 2.19. The van der Waals surface area contributed by atoms with Gasteiger partial charge >= 0.3 is 0 Å². The summed E-state index contributed by atoms with van der Waals surface area (Å²) in [6, 6.07) is 4.16. The third-order valence-corrected chi connectivity index (χ3v) is 2.19. The molecule has 0 saturated heterocycles. The molecule has 1 heterocycles. The topological polar surface area (TPSA) is 13.1 Å². The van der Waals surface area contributed by atoms with Gasteiger partial charge in [-0.1, -0.05) is 0 Å². The van der Waals surface area contributed by atoms with Gasteiger partial charge in [-0.3, -0.25) is 0 Å². The minimum absolute atomic E-state index is 1.20. The van der Waals surface area contributed by atoms with Crippen molar-refractivity contribution in [3.05, 3.63) is 35.8 Å². The van der Waals surface area contributed by atoms with E-state index < -0.39 is 0 Å². The zero-order valence-electron chi connectivity index (χ0n) is 6.72. The van der Waals surface area contributed by atoms with Crippen molar-refractivity contribution in [1.29, 1.82) is 0 Å². The Balaban J connectivity index is 2.81. The van der Waals surface area contributed by atoms with Crippen molar-refractivity contribution in [2.24, 2.45) is 0 Å². The minimum atomic E-state index is 1.20. The van der Waals surface area contributed by atoms with Gasteiger partial charge in [0.25, 0.3) is 0 Å². The van der Waals surface area contributed by atoms with E-state index in [2.05, 4.69) is 19.9 Å². The Kier molecular flexibility index (Phi) is 1.25. The van der Waals surface area contributed by atoms with E-state index in [-0.39, 0.29) is 0 Å². The fraction of sp³-hybridized carbons (Fsp3) is 0.200. The summed E-state index contributed by atoms with van der Waals surface area (Å²) in [7, 11) is 0. The number of hydrogen-bond acceptors (Lipinski definition) is 1. The molecular weight excluding hydrogens is 136 g/mol. The molecule has 0 aromatic rings. The number of rotatable bonds is 0. The maximum absolute atomic E-state index is 5.06. The Bertz CT molecular complexity index is 343. The molecule has 1 aliphatic carbocycles. The Morgan fingerprint density at radius 3 is 2.82 bits per heavy atom. The van der Waals surface area contributed by atoms with Crippen LogP contribution < -0.4 is 0 Å². The van der Waals surface area contributed by atoms with Crippen LogP contribution in [0.25, 0.3) is 11.1 Å². The zero-order valence-corrected chi connectivity index (χ0v) is 6.72. The second kappa shape index (κ2) is 2.12. The normalized spacial score (nSPS) is 10.7. The highest BCUT2D eigenvalue weighted by atomic mass is 16.3. The summed E-state index contributed by atoms with van der Waals surface area (Å²) in [5.41, 5.74) is 5.19. The molecular formula is C10H10O. The summed E-state index contributed by atoms with van der Waals surface area (Å²) in [5.74, 6) is 0. The molecule has 1 nitrogen and oxygen atoms in total. The maximum atomic E-state index is 5.06. The molecule has 11 heavy (non-hydrogen) atoms. The van der Waals surface area contributed by atoms with Crippen LogP contribution in [-0.2, 0) is 0 Å². The van der Waals surface area contributed by atoms with Gasteiger partial charge in [-0.05, 0) is 42.7 Å². The molecule has 0 fully saturated rings. The smallest absolute Gasteiger partial charge is 0.0980 e. The van der Waals surface area contributed by atoms with Gasteiger partial charge in [0.15, 0.2) is 0 Å². The van der Waals surface area contributed by atoms with Gasteiger partial charge < -0.3 is 4.42 Å². The first kappa shape index (κ1) is 6.47. The summed E-state index contributed by atoms with van der Waals surface area (Å²) < 4.78 is 5.06. The molecule has 0 amide bonds. The van der Waals surface area contributed by atoms with E-state index in [0.29, 0.717) is 0 Å². The Morgan fingerprint density at radius 1 is 1.27 bits per heavy atom. The molecule has 0 aromatic carbocycles. The van der Waals surface area contributed by atoms with Gasteiger partial charge in [0.2, 0.25) is 0 Å². The van der Waals surface area contributed by atoms with Gasteiger partial charge in [0.05, 0.1) is 12.5 Å². The number of hydrogen-bond donors (Lipinski definition) is 0. The van der Waals surface area contributed by atoms with Crippen molar-refractivity contribution >= 4 is 0 Å². The van der Waals surface area contributed by atoms with Crippen molar-refractivity contribution in [2.45, 2.75) is 13.8 Å². The van der Waals surface area contributed by atoms with Crippen LogP contribution in [0.5, 0.6) is 0 Å². The van der Waals surface area contributed by atoms with Crippen molar-refractivity contribution in [3.63, 3.8) is 0 Å². The largest absolute Gasteiger partial charge is 0.472 e. The third kappa shape index (κ3) is 0.845. The van der Waals surface area contributed by atoms with Gasteiger partial charge in [-0.2, -0.15) is 0 Å². The van der Waals surface area contributed by atoms with E-state index in [1.54, 1.807) is 12.5 Å². The summed E-state index contributed by atoms with van der Waals surface area (Å²) in [5, 5.41) is 0. The molecule has 0 atom stereocenters. The highest BCUT2D eigenvalue weighted by molar-refractivity contribution is 5.71. The van der Waals surface area contributed by atoms with E-state index >= 15 is 0 Å². The second-order valence-electron chi connectivity index (χ2n) is 2.88. The summed E-state index contributed by atoms with van der Waals surface area (Å²) in [4.78, 5) is 0. The molecule has 1 heteroatoms. The highest BCUT2D eigenvalue weighted by Gasteiger charge is 2.08. The highest BCUT2D eigenvalue weighted by Crippen LogP contribution is 2.29. The monoisotopic (exact) mass is 146 g/mol. The number of fused-ring (bicyclic) bond motifs is 1. The lowest BCUT2D eigenvalue weighted by molar-refractivity contribution is 0.552. The predicted molar refractivity (Wildman–Crippen MR) is 44.8 cm³/mol. The maximum Gasteiger partial charge on any atom is 0.0980 e. The quantitative estimate of drug-likeness (QED) is 0.556. The fourth-order valence-electron chi connectivity index (χ4n) is 1.39. The SMILES string of the molecule is Cc1cc2coccc-2c1C. The van der Waals surface area contributed by atoms with E-state index in [4.69, 9.17) is 4.42 Å². The van der Waals surface area contributed by atoms with Crippen molar-refractivity contribution in [3.8, 4) is 11.1 Å². The first-order valence-corrected chi connectivity index (χ1v) is 3.71. The average Bonchev–Trinajstić information content (AvgIpc) is 2.30. The van der Waals surface area contributed by atoms with Crippen molar-refractivity contribution in [2.75, 3.05) is 0 Å². The van der Waals surface area contributed by atoms with Crippen LogP contribution in [0.4, 0.5) is 0 Å². The molecule has 0 radical (unpaired) electrons. The van der Waals surface area contributed by atoms with Crippen molar-refractivity contribution < 1.29 is 4.42 Å². The van der Waals surface area contributed by atoms with Crippen LogP contribution in [-0.4, -0.2) is 0 Å². The molecule has 0 N–H and O–H groups in total. The van der Waals surface area contributed by atoms with Gasteiger partial charge in [0.1, 0.15) is 0 Å². The molecule has 0 bridgehead atoms. The van der Waals surface area contributed by atoms with E-state index in [0.717, 1.165) is 0 Å². The lowest BCUT2D eigenvalue weighted by Gasteiger charge is -1.96. The van der Waals surface area contributed by atoms with E-state index in [9.17, 15) is 0 Å². The van der Waals surface area contributed by atoms with Crippen LogP contribution in [0.2, 0.25) is 0 Å². The summed E-state index contributed by atoms with van der Waals surface area (Å²) in [6.45, 7) is 4.26. The van der Waals surface area contributed by atoms with E-state index in [1.807, 2.05) is 6.07 Å². The first-order valence-electron chi connectivity index (χ1n) is 3.71. The molecule has 56 valence electrons. The van der Waals surface area contributed by atoms with Gasteiger partial charge in [-0.15, -0.1) is 0 Å². The second-order valence-corrected chi connectivity index (χ2v) is 2.88. The molecule has 0 aromatic heterocycles.